The van der Waals surface area contributed by atoms with E-state index in [2.05, 4.69) is 47.0 Å². The van der Waals surface area contributed by atoms with Crippen LogP contribution in [-0.2, 0) is 50.7 Å². The van der Waals surface area contributed by atoms with E-state index in [1.807, 2.05) is 0 Å². The zero-order valence-electron chi connectivity index (χ0n) is 33.3. The second kappa shape index (κ2) is 24.0. The monoisotopic (exact) mass is 989 g/mol. The molecule has 1 fully saturated rings. The average Bonchev–Trinajstić information content (AvgIpc) is 3.76. The molecule has 0 bridgehead atoms. The Balaban J connectivity index is 0.000000988. The number of nitrogens with two attached hydrogens (primary N) is 1. The molecular formula is C29H50N7O23P3S. The maximum Gasteiger partial charge on any atom is 0.481 e. The number of Topliss-reactive ketones (excluding diaryl/α,β-unsaturated/α-hetero) is 1. The number of ether oxygens (including phenoxy) is 1. The quantitative estimate of drug-likeness (QED) is 0.0203. The molecular weight excluding hydrogens is 939 g/mol. The molecule has 2 aromatic heterocycles. The molecule has 11 atom stereocenters. The summed E-state index contributed by atoms with van der Waals surface area (Å²) in [6, 6.07) is 0. The van der Waals surface area contributed by atoms with Gasteiger partial charge in [0, 0.05) is 37.6 Å². The fourth-order valence-electron chi connectivity index (χ4n) is 4.98. The largest absolute Gasteiger partial charge is 0.481 e. The van der Waals surface area contributed by atoms with E-state index < -0.39 is 115 Å². The zero-order chi connectivity index (χ0) is 48.2. The van der Waals surface area contributed by atoms with Crippen LogP contribution in [0.25, 0.3) is 11.2 Å². The Morgan fingerprint density at radius 1 is 1.02 bits per heavy atom. The Labute approximate surface area is 361 Å². The van der Waals surface area contributed by atoms with Crippen LogP contribution in [0.5, 0.6) is 0 Å². The molecule has 3 heterocycles. The van der Waals surface area contributed by atoms with Crippen molar-refractivity contribution in [1.29, 1.82) is 0 Å². The van der Waals surface area contributed by atoms with Gasteiger partial charge in [0.2, 0.25) is 11.8 Å². The van der Waals surface area contributed by atoms with Gasteiger partial charge in [0.1, 0.15) is 54.3 Å². The van der Waals surface area contributed by atoms with E-state index in [4.69, 9.17) is 45.1 Å². The number of hydrogen-bond donors (Lipinski definition) is 15. The number of ketones is 1. The molecule has 2 aromatic rings. The van der Waals surface area contributed by atoms with Crippen LogP contribution in [0.15, 0.2) is 6.33 Å². The number of phosphoric ester groups is 3. The summed E-state index contributed by atoms with van der Waals surface area (Å²) in [6.45, 7) is 0.982. The lowest BCUT2D eigenvalue weighted by Crippen LogP contribution is -2.46. The van der Waals surface area contributed by atoms with Gasteiger partial charge < -0.3 is 81.2 Å². The molecule has 0 radical (unpaired) electrons. The first-order chi connectivity index (χ1) is 29.0. The van der Waals surface area contributed by atoms with Gasteiger partial charge in [-0.25, -0.2) is 28.6 Å². The third-order valence-electron chi connectivity index (χ3n) is 8.31. The fraction of sp³-hybridized carbons (Fsp3) is 0.690. The van der Waals surface area contributed by atoms with Crippen molar-refractivity contribution in [2.75, 3.05) is 44.4 Å². The maximum absolute atomic E-state index is 12.6. The van der Waals surface area contributed by atoms with Gasteiger partial charge in [-0.05, 0) is 0 Å². The lowest BCUT2D eigenvalue weighted by atomic mass is 9.87. The summed E-state index contributed by atoms with van der Waals surface area (Å²) in [5.74, 6) is -2.10. The minimum absolute atomic E-state index is 0.0258. The van der Waals surface area contributed by atoms with Crippen molar-refractivity contribution in [2.45, 2.75) is 82.3 Å². The molecule has 0 saturated carbocycles. The molecule has 1 aliphatic heterocycles. The number of phosphoric acid groups is 3. The Hall–Kier alpha value is -2.97. The third kappa shape index (κ3) is 17.1. The summed E-state index contributed by atoms with van der Waals surface area (Å²) in [7, 11) is -16.5. The number of imidazole rings is 1. The van der Waals surface area contributed by atoms with Crippen LogP contribution in [0.2, 0.25) is 0 Å². The lowest BCUT2D eigenvalue weighted by molar-refractivity contribution is -0.137. The molecule has 15 N–H and O–H groups in total. The first-order valence-electron chi connectivity index (χ1n) is 17.9. The molecule has 1 aliphatic rings. The van der Waals surface area contributed by atoms with Crippen molar-refractivity contribution in [2.24, 2.45) is 5.41 Å². The molecule has 34 heteroatoms. The number of anilines is 1. The number of aromatic nitrogens is 4. The predicted molar refractivity (Wildman–Crippen MR) is 211 cm³/mol. The number of nitrogens with zero attached hydrogens (tertiary/aromatic N) is 4. The van der Waals surface area contributed by atoms with Crippen LogP contribution in [0.3, 0.4) is 0 Å². The minimum Gasteiger partial charge on any atom is -0.394 e. The van der Waals surface area contributed by atoms with Gasteiger partial charge in [0.25, 0.3) is 0 Å². The van der Waals surface area contributed by atoms with E-state index in [0.717, 1.165) is 17.8 Å². The second-order valence-electron chi connectivity index (χ2n) is 13.9. The standard InChI is InChI=1S/C23H38N7O17P3S.C6H12O6/c1-11(31)19-28-18(24)14-20(29-19)30(10-27-14)22-15(33)16(46-48(36,37)38)12(45-22)8-43-49(39,40)47-50(41,42)44-9-23(2,3)17(34)21(35)26-5-4-13(32)25-6-7-51;7-1-3(9)5(11)6(12)4(10)2-8/h10,12,15-17,22,33-34,51H,4-9H2,1-3H3,(H,25,32)(H,26,35)(H,39,40)(H,41,42)(H2,24,28,29)(H2,36,37,38);1,3-6,8-12H,2H2/t12-,15-,16-,17?,22-;/m1./s1. The molecule has 1 saturated heterocycles. The van der Waals surface area contributed by atoms with E-state index in [9.17, 15) is 62.7 Å². The van der Waals surface area contributed by atoms with Crippen LogP contribution >= 0.6 is 36.1 Å². The van der Waals surface area contributed by atoms with E-state index in [-0.39, 0.29) is 48.0 Å². The first kappa shape index (κ1) is 56.2. The van der Waals surface area contributed by atoms with Crippen LogP contribution in [-0.4, -0.2) is 186 Å². The summed E-state index contributed by atoms with van der Waals surface area (Å²) >= 11 is 3.95. The number of nitrogen functional groups attached to an aromatic ring is 1. The lowest BCUT2D eigenvalue weighted by Gasteiger charge is -2.30. The van der Waals surface area contributed by atoms with Crippen LogP contribution in [0.1, 0.15) is 44.0 Å². The Kier molecular flexibility index (Phi) is 21.4. The number of carbonyl (C=O) groups excluding carboxylic acids is 4. The molecule has 0 spiro atoms. The molecule has 2 amide bonds. The van der Waals surface area contributed by atoms with E-state index in [1.54, 1.807) is 0 Å². The topological polar surface area (TPSA) is 482 Å². The molecule has 7 unspecified atom stereocenters. The van der Waals surface area contributed by atoms with Gasteiger partial charge >= 0.3 is 23.5 Å². The van der Waals surface area contributed by atoms with Crippen LogP contribution in [0.4, 0.5) is 5.82 Å². The van der Waals surface area contributed by atoms with Gasteiger partial charge in [-0.1, -0.05) is 13.8 Å². The van der Waals surface area contributed by atoms with Crippen molar-refractivity contribution >= 4 is 77.0 Å². The van der Waals surface area contributed by atoms with Gasteiger partial charge in [-0.2, -0.15) is 16.9 Å². The number of nitrogens with one attached hydrogen (secondary N) is 2. The highest BCUT2D eigenvalue weighted by molar-refractivity contribution is 7.80. The molecule has 0 aliphatic carbocycles. The second-order valence-corrected chi connectivity index (χ2v) is 18.6. The third-order valence-corrected chi connectivity index (χ3v) is 11.6. The smallest absolute Gasteiger partial charge is 0.394 e. The van der Waals surface area contributed by atoms with E-state index in [0.29, 0.717) is 12.3 Å². The normalized spacial score (nSPS) is 22.3. The number of thiol groups is 1. The zero-order valence-corrected chi connectivity index (χ0v) is 36.9. The number of rotatable bonds is 24. The van der Waals surface area contributed by atoms with Gasteiger partial charge in [0.05, 0.1) is 26.1 Å². The SMILES string of the molecule is CC(=O)c1nc(N)c2ncn([C@@H]3O[C@H](COP(=O)(O)OP(=O)(O)OCC(C)(C)C(O)C(=O)NCCC(=O)NCCS)[C@@H](OP(=O)(O)O)[C@H]3O)c2n1.O=CC(O)C(O)C(O)C(O)CO. The predicted octanol–water partition coefficient (Wildman–Crippen LogP) is -4.84. The van der Waals surface area contributed by atoms with Crippen LogP contribution in [0, 0.1) is 5.41 Å². The number of carbonyl (C=O) groups is 4. The number of hydrogen-bond acceptors (Lipinski definition) is 24. The Morgan fingerprint density at radius 2 is 1.63 bits per heavy atom. The van der Waals surface area contributed by atoms with E-state index >= 15 is 0 Å². The highest BCUT2D eigenvalue weighted by atomic mass is 32.1. The molecule has 63 heavy (non-hydrogen) atoms. The van der Waals surface area contributed by atoms with Gasteiger partial charge in [0.15, 0.2) is 35.6 Å². The van der Waals surface area contributed by atoms with Crippen molar-refractivity contribution in [3.63, 3.8) is 0 Å². The summed E-state index contributed by atoms with van der Waals surface area (Å²) in [6.07, 6.45) is -15.1. The highest BCUT2D eigenvalue weighted by Gasteiger charge is 2.50. The Bertz CT molecular complexity index is 2030. The van der Waals surface area contributed by atoms with Gasteiger partial charge in [-0.15, -0.1) is 0 Å². The number of fused-ring (bicyclic) bond motifs is 1. The summed E-state index contributed by atoms with van der Waals surface area (Å²) in [4.78, 5) is 96.7. The first-order valence-corrected chi connectivity index (χ1v) is 23.0. The van der Waals surface area contributed by atoms with E-state index in [1.165, 1.54) is 13.8 Å². The van der Waals surface area contributed by atoms with Crippen molar-refractivity contribution in [3.8, 4) is 0 Å². The molecule has 0 aromatic carbocycles. The summed E-state index contributed by atoms with van der Waals surface area (Å²) in [5.41, 5.74) is 4.04. The van der Waals surface area contributed by atoms with Crippen molar-refractivity contribution in [3.05, 3.63) is 12.2 Å². The molecule has 30 nitrogen and oxygen atoms in total. The Morgan fingerprint density at radius 3 is 2.19 bits per heavy atom. The van der Waals surface area contributed by atoms with Crippen molar-refractivity contribution < 1.29 is 111 Å². The number of aldehydes is 1. The summed E-state index contributed by atoms with van der Waals surface area (Å²) < 4.78 is 61.8. The number of aliphatic hydroxyl groups excluding tert-OH is 7. The average molecular weight is 990 g/mol. The molecule has 360 valence electrons. The minimum atomic E-state index is -5.59. The number of amides is 2. The molecule has 3 rings (SSSR count). The summed E-state index contributed by atoms with van der Waals surface area (Å²) in [5, 5.41) is 69.7. The number of aliphatic hydroxyl groups is 7. The maximum atomic E-state index is 12.6. The fourth-order valence-corrected chi connectivity index (χ4v) is 7.92. The van der Waals surface area contributed by atoms with Gasteiger partial charge in [-0.3, -0.25) is 32.5 Å². The highest BCUT2D eigenvalue weighted by Crippen LogP contribution is 2.61. The van der Waals surface area contributed by atoms with Crippen molar-refractivity contribution in [1.82, 2.24) is 30.2 Å². The van der Waals surface area contributed by atoms with Crippen LogP contribution < -0.4 is 16.4 Å².